The van der Waals surface area contributed by atoms with Crippen LogP contribution in [0.15, 0.2) is 18.2 Å². The Labute approximate surface area is 116 Å². The molecule has 1 aliphatic rings. The largest absolute Gasteiger partial charge is 0.205 e. The fourth-order valence-corrected chi connectivity index (χ4v) is 3.52. The fourth-order valence-electron chi connectivity index (χ4n) is 2.66. The van der Waals surface area contributed by atoms with Crippen molar-refractivity contribution in [3.63, 3.8) is 0 Å². The smallest absolute Gasteiger partial charge is 0.144 e. The van der Waals surface area contributed by atoms with Crippen molar-refractivity contribution < 1.29 is 4.39 Å². The van der Waals surface area contributed by atoms with Gasteiger partial charge in [0.25, 0.3) is 0 Å². The van der Waals surface area contributed by atoms with Crippen molar-refractivity contribution in [1.29, 1.82) is 0 Å². The Morgan fingerprint density at radius 1 is 1.41 bits per heavy atom. The van der Waals surface area contributed by atoms with Gasteiger partial charge >= 0.3 is 0 Å². The van der Waals surface area contributed by atoms with Crippen molar-refractivity contribution in [1.82, 2.24) is 0 Å². The standard InChI is InChI=1S/C14H17BrClF/c1-9-5-6-12(15)11(7-9)8-10-3-2-4-13(16)14(10)17/h2-4,9,11-12H,5-8H2,1H3. The highest BCUT2D eigenvalue weighted by atomic mass is 79.9. The molecule has 17 heavy (non-hydrogen) atoms. The predicted molar refractivity (Wildman–Crippen MR) is 74.3 cm³/mol. The number of halogens is 3. The SMILES string of the molecule is CC1CCC(Br)C(Cc2cccc(Cl)c2F)C1. The molecule has 0 nitrogen and oxygen atoms in total. The second-order valence-corrected chi connectivity index (χ2v) is 6.69. The Morgan fingerprint density at radius 3 is 2.94 bits per heavy atom. The van der Waals surface area contributed by atoms with E-state index in [2.05, 4.69) is 22.9 Å². The number of hydrogen-bond acceptors (Lipinski definition) is 0. The highest BCUT2D eigenvalue weighted by Crippen LogP contribution is 2.36. The van der Waals surface area contributed by atoms with Gasteiger partial charge in [0.2, 0.25) is 0 Å². The summed E-state index contributed by atoms with van der Waals surface area (Å²) in [5.74, 6) is 1.02. The minimum absolute atomic E-state index is 0.234. The van der Waals surface area contributed by atoms with E-state index in [1.165, 1.54) is 19.3 Å². The summed E-state index contributed by atoms with van der Waals surface area (Å²) in [4.78, 5) is 0.511. The summed E-state index contributed by atoms with van der Waals surface area (Å²) < 4.78 is 13.8. The summed E-state index contributed by atoms with van der Waals surface area (Å²) in [5, 5.41) is 0.234. The molecule has 0 aliphatic heterocycles. The highest BCUT2D eigenvalue weighted by molar-refractivity contribution is 9.09. The van der Waals surface area contributed by atoms with Crippen LogP contribution in [0.5, 0.6) is 0 Å². The zero-order valence-electron chi connectivity index (χ0n) is 9.93. The summed E-state index contributed by atoms with van der Waals surface area (Å²) in [5.41, 5.74) is 0.751. The van der Waals surface area contributed by atoms with E-state index in [0.717, 1.165) is 17.9 Å². The van der Waals surface area contributed by atoms with Gasteiger partial charge in [-0.15, -0.1) is 0 Å². The molecular weight excluding hydrogens is 303 g/mol. The molecule has 0 spiro atoms. The molecule has 1 fully saturated rings. The Hall–Kier alpha value is -0.0800. The van der Waals surface area contributed by atoms with Crippen LogP contribution in [0.2, 0.25) is 5.02 Å². The zero-order chi connectivity index (χ0) is 12.4. The number of rotatable bonds is 2. The molecule has 0 heterocycles. The van der Waals surface area contributed by atoms with E-state index in [4.69, 9.17) is 11.6 Å². The predicted octanol–water partition coefficient (Wildman–Crippen LogP) is 5.22. The second kappa shape index (κ2) is 5.71. The van der Waals surface area contributed by atoms with Crippen molar-refractivity contribution in [3.05, 3.63) is 34.6 Å². The number of hydrogen-bond donors (Lipinski definition) is 0. The van der Waals surface area contributed by atoms with Crippen LogP contribution in [0, 0.1) is 17.7 Å². The van der Waals surface area contributed by atoms with Gasteiger partial charge in [-0.2, -0.15) is 0 Å². The van der Waals surface area contributed by atoms with Gasteiger partial charge in [-0.3, -0.25) is 0 Å². The fraction of sp³-hybridized carbons (Fsp3) is 0.571. The van der Waals surface area contributed by atoms with Gasteiger partial charge < -0.3 is 0 Å². The van der Waals surface area contributed by atoms with Crippen molar-refractivity contribution in [2.75, 3.05) is 0 Å². The van der Waals surface area contributed by atoms with Crippen LogP contribution < -0.4 is 0 Å². The lowest BCUT2D eigenvalue weighted by atomic mass is 9.79. The lowest BCUT2D eigenvalue weighted by Gasteiger charge is -2.31. The lowest BCUT2D eigenvalue weighted by molar-refractivity contribution is 0.292. The van der Waals surface area contributed by atoms with Gasteiger partial charge in [-0.25, -0.2) is 4.39 Å². The van der Waals surface area contributed by atoms with E-state index >= 15 is 0 Å². The molecule has 3 heteroatoms. The maximum absolute atomic E-state index is 13.8. The van der Waals surface area contributed by atoms with Gasteiger partial charge in [0, 0.05) is 4.83 Å². The third-order valence-electron chi connectivity index (χ3n) is 3.67. The molecule has 1 aromatic rings. The van der Waals surface area contributed by atoms with Gasteiger partial charge in [-0.05, 0) is 49.1 Å². The van der Waals surface area contributed by atoms with Gasteiger partial charge in [0.05, 0.1) is 5.02 Å². The molecule has 94 valence electrons. The minimum Gasteiger partial charge on any atom is -0.205 e. The van der Waals surface area contributed by atoms with Crippen LogP contribution in [0.3, 0.4) is 0 Å². The molecule has 0 radical (unpaired) electrons. The molecule has 0 aromatic heterocycles. The van der Waals surface area contributed by atoms with Crippen molar-refractivity contribution in [2.24, 2.45) is 11.8 Å². The lowest BCUT2D eigenvalue weighted by Crippen LogP contribution is -2.25. The molecule has 3 atom stereocenters. The van der Waals surface area contributed by atoms with E-state index < -0.39 is 0 Å². The van der Waals surface area contributed by atoms with E-state index in [0.29, 0.717) is 10.7 Å². The van der Waals surface area contributed by atoms with Crippen LogP contribution in [-0.2, 0) is 6.42 Å². The molecule has 1 saturated carbocycles. The van der Waals surface area contributed by atoms with E-state index in [-0.39, 0.29) is 10.8 Å². The molecule has 0 N–H and O–H groups in total. The molecule has 0 saturated heterocycles. The molecule has 1 aliphatic carbocycles. The van der Waals surface area contributed by atoms with Gasteiger partial charge in [0.1, 0.15) is 5.82 Å². The average molecular weight is 320 g/mol. The van der Waals surface area contributed by atoms with Crippen LogP contribution in [0.1, 0.15) is 31.7 Å². The normalized spacial score (nSPS) is 29.3. The molecule has 0 bridgehead atoms. The van der Waals surface area contributed by atoms with Crippen LogP contribution in [-0.4, -0.2) is 4.83 Å². The van der Waals surface area contributed by atoms with Gasteiger partial charge in [0.15, 0.2) is 0 Å². The topological polar surface area (TPSA) is 0 Å². The van der Waals surface area contributed by atoms with Crippen LogP contribution >= 0.6 is 27.5 Å². The first-order valence-corrected chi connectivity index (χ1v) is 7.44. The summed E-state index contributed by atoms with van der Waals surface area (Å²) in [6.07, 6.45) is 4.41. The molecule has 3 unspecified atom stereocenters. The first-order valence-electron chi connectivity index (χ1n) is 6.15. The number of alkyl halides is 1. The van der Waals surface area contributed by atoms with Gasteiger partial charge in [-0.1, -0.05) is 46.6 Å². The Balaban J connectivity index is 2.11. The van der Waals surface area contributed by atoms with Crippen LogP contribution in [0.4, 0.5) is 4.39 Å². The Bertz CT molecular complexity index is 394. The third-order valence-corrected chi connectivity index (χ3v) is 5.16. The Kier molecular flexibility index (Phi) is 4.48. The highest BCUT2D eigenvalue weighted by Gasteiger charge is 2.27. The quantitative estimate of drug-likeness (QED) is 0.655. The summed E-state index contributed by atoms with van der Waals surface area (Å²) in [6, 6.07) is 5.28. The summed E-state index contributed by atoms with van der Waals surface area (Å²) in [7, 11) is 0. The molecular formula is C14H17BrClF. The molecule has 2 rings (SSSR count). The first kappa shape index (κ1) is 13.4. The monoisotopic (exact) mass is 318 g/mol. The van der Waals surface area contributed by atoms with Crippen molar-refractivity contribution >= 4 is 27.5 Å². The maximum Gasteiger partial charge on any atom is 0.144 e. The van der Waals surface area contributed by atoms with Crippen molar-refractivity contribution in [2.45, 2.75) is 37.4 Å². The molecule has 1 aromatic carbocycles. The molecule has 0 amide bonds. The zero-order valence-corrected chi connectivity index (χ0v) is 12.3. The number of benzene rings is 1. The minimum atomic E-state index is -0.243. The van der Waals surface area contributed by atoms with Crippen LogP contribution in [0.25, 0.3) is 0 Å². The average Bonchev–Trinajstić information content (AvgIpc) is 2.30. The van der Waals surface area contributed by atoms with E-state index in [1.54, 1.807) is 6.07 Å². The third kappa shape index (κ3) is 3.23. The summed E-state index contributed by atoms with van der Waals surface area (Å²) >= 11 is 9.54. The first-order chi connectivity index (χ1) is 8.08. The second-order valence-electron chi connectivity index (χ2n) is 5.11. The Morgan fingerprint density at radius 2 is 2.18 bits per heavy atom. The summed E-state index contributed by atoms with van der Waals surface area (Å²) in [6.45, 7) is 2.28. The maximum atomic E-state index is 13.8. The van der Waals surface area contributed by atoms with E-state index in [9.17, 15) is 4.39 Å². The van der Waals surface area contributed by atoms with Crippen molar-refractivity contribution in [3.8, 4) is 0 Å². The van der Waals surface area contributed by atoms with E-state index in [1.807, 2.05) is 12.1 Å².